The number of carbonyl (C=O) groups excluding carboxylic acids is 1. The van der Waals surface area contributed by atoms with Gasteiger partial charge in [0.2, 0.25) is 5.91 Å². The molecule has 1 unspecified atom stereocenters. The van der Waals surface area contributed by atoms with Gasteiger partial charge in [0.05, 0.1) is 11.5 Å². The number of likely N-dealkylation sites (tertiary alicyclic amines) is 1. The van der Waals surface area contributed by atoms with Crippen LogP contribution >= 0.6 is 23.2 Å². The van der Waals surface area contributed by atoms with Gasteiger partial charge < -0.3 is 10.0 Å². The molecule has 5 atom stereocenters. The molecular weight excluding hydrogens is 498 g/mol. The quantitative estimate of drug-likeness (QED) is 0.357. The highest BCUT2D eigenvalue weighted by atomic mass is 35.5. The Balaban J connectivity index is 2.21. The summed E-state index contributed by atoms with van der Waals surface area (Å²) >= 11 is 12.4. The lowest BCUT2D eigenvalue weighted by Gasteiger charge is -2.52. The second-order valence-electron chi connectivity index (χ2n) is 9.48. The summed E-state index contributed by atoms with van der Waals surface area (Å²) in [6.45, 7) is 7.36. The molecule has 0 radical (unpaired) electrons. The highest BCUT2D eigenvalue weighted by molar-refractivity contribution is 6.30. The SMILES string of the molecule is C=CC[C@@]1(C)CC(c2cccc(Cl)c2)[C@@H](c2ccc(Cl)cc2)N([C@@H](CC)C[C@@H](O)C(F)(F)F)C1=O. The van der Waals surface area contributed by atoms with Crippen molar-refractivity contribution in [2.45, 2.75) is 69.8 Å². The molecule has 35 heavy (non-hydrogen) atoms. The van der Waals surface area contributed by atoms with Gasteiger partial charge in [0, 0.05) is 28.4 Å². The largest absolute Gasteiger partial charge is 0.414 e. The van der Waals surface area contributed by atoms with Gasteiger partial charge in [-0.25, -0.2) is 0 Å². The van der Waals surface area contributed by atoms with Gasteiger partial charge in [-0.2, -0.15) is 13.2 Å². The molecule has 2 aromatic rings. The van der Waals surface area contributed by atoms with Crippen molar-refractivity contribution >= 4 is 29.1 Å². The fourth-order valence-electron chi connectivity index (χ4n) is 5.16. The summed E-state index contributed by atoms with van der Waals surface area (Å²) < 4.78 is 40.0. The predicted molar refractivity (Wildman–Crippen MR) is 134 cm³/mol. The summed E-state index contributed by atoms with van der Waals surface area (Å²) in [5, 5.41) is 11.0. The van der Waals surface area contributed by atoms with E-state index in [1.54, 1.807) is 48.2 Å². The smallest absolute Gasteiger partial charge is 0.384 e. The van der Waals surface area contributed by atoms with E-state index in [0.29, 0.717) is 22.9 Å². The second-order valence-corrected chi connectivity index (χ2v) is 10.4. The zero-order valence-electron chi connectivity index (χ0n) is 19.7. The van der Waals surface area contributed by atoms with E-state index in [-0.39, 0.29) is 18.2 Å². The first-order chi connectivity index (χ1) is 16.4. The Hall–Kier alpha value is -2.02. The van der Waals surface area contributed by atoms with Crippen molar-refractivity contribution < 1.29 is 23.1 Å². The van der Waals surface area contributed by atoms with E-state index in [1.807, 2.05) is 25.1 Å². The Labute approximate surface area is 214 Å². The molecule has 1 amide bonds. The fourth-order valence-corrected chi connectivity index (χ4v) is 5.48. The van der Waals surface area contributed by atoms with Crippen LogP contribution in [0.15, 0.2) is 61.2 Å². The number of allylic oxidation sites excluding steroid dienone is 1. The minimum absolute atomic E-state index is 0.245. The van der Waals surface area contributed by atoms with Gasteiger partial charge in [0.25, 0.3) is 0 Å². The summed E-state index contributed by atoms with van der Waals surface area (Å²) in [4.78, 5) is 15.6. The van der Waals surface area contributed by atoms with Gasteiger partial charge >= 0.3 is 6.18 Å². The number of halogens is 5. The molecule has 0 aromatic heterocycles. The Morgan fingerprint density at radius 1 is 1.17 bits per heavy atom. The third kappa shape index (κ3) is 6.04. The van der Waals surface area contributed by atoms with Crippen molar-refractivity contribution in [2.75, 3.05) is 0 Å². The molecule has 8 heteroatoms. The first-order valence-corrected chi connectivity index (χ1v) is 12.4. The monoisotopic (exact) mass is 527 g/mol. The molecule has 190 valence electrons. The molecule has 0 saturated carbocycles. The fraction of sp³-hybridized carbons (Fsp3) is 0.444. The number of alkyl halides is 3. The minimum atomic E-state index is -4.78. The van der Waals surface area contributed by atoms with Gasteiger partial charge in [-0.1, -0.05) is 67.4 Å². The minimum Gasteiger partial charge on any atom is -0.384 e. The highest BCUT2D eigenvalue weighted by Gasteiger charge is 2.52. The van der Waals surface area contributed by atoms with Gasteiger partial charge in [-0.05, 0) is 54.7 Å². The number of nitrogens with zero attached hydrogens (tertiary/aromatic N) is 1. The first kappa shape index (κ1) is 27.6. The molecule has 1 fully saturated rings. The van der Waals surface area contributed by atoms with Crippen LogP contribution in [-0.2, 0) is 4.79 Å². The van der Waals surface area contributed by atoms with E-state index >= 15 is 0 Å². The molecule has 1 aliphatic heterocycles. The summed E-state index contributed by atoms with van der Waals surface area (Å²) in [5.41, 5.74) is 0.763. The molecule has 3 rings (SSSR count). The summed E-state index contributed by atoms with van der Waals surface area (Å²) in [6.07, 6.45) is -5.19. The molecule has 0 bridgehead atoms. The van der Waals surface area contributed by atoms with E-state index < -0.39 is 36.2 Å². The zero-order valence-corrected chi connectivity index (χ0v) is 21.2. The van der Waals surface area contributed by atoms with Gasteiger partial charge in [0.15, 0.2) is 6.10 Å². The standard InChI is InChI=1S/C27H30Cl2F3NO2/c1-4-13-26(3)16-22(18-7-6-8-20(29)14-18)24(17-9-11-19(28)12-10-17)33(25(26)35)21(5-2)15-23(34)27(30,31)32/h4,6-12,14,21-24,34H,1,5,13,15-16H2,2-3H3/t21-,22?,23+,24+,26-/m0/s1. The number of rotatable bonds is 8. The molecule has 1 N–H and O–H groups in total. The van der Waals surface area contributed by atoms with E-state index in [4.69, 9.17) is 23.2 Å². The molecule has 0 aliphatic carbocycles. The molecule has 1 saturated heterocycles. The molecule has 1 aliphatic rings. The van der Waals surface area contributed by atoms with E-state index in [0.717, 1.165) is 11.1 Å². The van der Waals surface area contributed by atoms with Crippen LogP contribution in [0.5, 0.6) is 0 Å². The van der Waals surface area contributed by atoms with E-state index in [2.05, 4.69) is 6.58 Å². The van der Waals surface area contributed by atoms with Crippen LogP contribution in [0.1, 0.15) is 62.6 Å². The molecule has 2 aromatic carbocycles. The van der Waals surface area contributed by atoms with E-state index in [9.17, 15) is 23.1 Å². The molecule has 3 nitrogen and oxygen atoms in total. The number of benzene rings is 2. The van der Waals surface area contributed by atoms with Crippen molar-refractivity contribution in [1.82, 2.24) is 4.90 Å². The number of aliphatic hydroxyl groups excluding tert-OH is 1. The average molecular weight is 528 g/mol. The Morgan fingerprint density at radius 2 is 1.83 bits per heavy atom. The third-order valence-electron chi connectivity index (χ3n) is 6.92. The number of hydrogen-bond donors (Lipinski definition) is 1. The lowest BCUT2D eigenvalue weighted by molar-refractivity contribution is -0.211. The van der Waals surface area contributed by atoms with Crippen molar-refractivity contribution in [1.29, 1.82) is 0 Å². The number of piperidine rings is 1. The summed E-state index contributed by atoms with van der Waals surface area (Å²) in [7, 11) is 0. The van der Waals surface area contributed by atoms with Crippen LogP contribution in [0.3, 0.4) is 0 Å². The van der Waals surface area contributed by atoms with Crippen LogP contribution in [0.2, 0.25) is 10.0 Å². The third-order valence-corrected chi connectivity index (χ3v) is 7.41. The van der Waals surface area contributed by atoms with Crippen LogP contribution in [-0.4, -0.2) is 34.2 Å². The van der Waals surface area contributed by atoms with Crippen LogP contribution < -0.4 is 0 Å². The van der Waals surface area contributed by atoms with Crippen molar-refractivity contribution in [3.63, 3.8) is 0 Å². The first-order valence-electron chi connectivity index (χ1n) is 11.6. The van der Waals surface area contributed by atoms with E-state index in [1.165, 1.54) is 0 Å². The maximum Gasteiger partial charge on any atom is 0.414 e. The second kappa shape index (κ2) is 10.9. The van der Waals surface area contributed by atoms with Gasteiger partial charge in [-0.3, -0.25) is 4.79 Å². The molecule has 0 spiro atoms. The highest BCUT2D eigenvalue weighted by Crippen LogP contribution is 2.52. The normalized spacial score (nSPS) is 24.8. The maximum absolute atomic E-state index is 14.0. The van der Waals surface area contributed by atoms with Crippen LogP contribution in [0.4, 0.5) is 13.2 Å². The topological polar surface area (TPSA) is 40.5 Å². The van der Waals surface area contributed by atoms with Gasteiger partial charge in [0.1, 0.15) is 0 Å². The number of hydrogen-bond acceptors (Lipinski definition) is 2. The number of carbonyl (C=O) groups is 1. The van der Waals surface area contributed by atoms with Crippen LogP contribution in [0, 0.1) is 5.41 Å². The summed E-state index contributed by atoms with van der Waals surface area (Å²) in [5.74, 6) is -0.508. The lowest BCUT2D eigenvalue weighted by atomic mass is 9.67. The Bertz CT molecular complexity index is 1040. The molecular formula is C27H30Cl2F3NO2. The lowest BCUT2D eigenvalue weighted by Crippen LogP contribution is -2.56. The summed E-state index contributed by atoms with van der Waals surface area (Å²) in [6, 6.07) is 12.9. The average Bonchev–Trinajstić information content (AvgIpc) is 2.79. The number of aliphatic hydroxyl groups is 1. The maximum atomic E-state index is 14.0. The Morgan fingerprint density at radius 3 is 2.37 bits per heavy atom. The van der Waals surface area contributed by atoms with Crippen molar-refractivity contribution in [3.05, 3.63) is 82.4 Å². The zero-order chi connectivity index (χ0) is 26.0. The van der Waals surface area contributed by atoms with Crippen molar-refractivity contribution in [3.8, 4) is 0 Å². The van der Waals surface area contributed by atoms with Gasteiger partial charge in [-0.15, -0.1) is 6.58 Å². The number of amides is 1. The predicted octanol–water partition coefficient (Wildman–Crippen LogP) is 7.72. The molecule has 1 heterocycles. The van der Waals surface area contributed by atoms with Crippen molar-refractivity contribution in [2.24, 2.45) is 5.41 Å². The van der Waals surface area contributed by atoms with Crippen LogP contribution in [0.25, 0.3) is 0 Å². The Kier molecular flexibility index (Phi) is 8.61.